The Bertz CT molecular complexity index is 988. The topological polar surface area (TPSA) is 95.9 Å². The van der Waals surface area contributed by atoms with Gasteiger partial charge in [0.2, 0.25) is 5.91 Å². The number of fused-ring (bicyclic) bond motifs is 3. The van der Waals surface area contributed by atoms with Gasteiger partial charge >= 0.3 is 12.1 Å². The van der Waals surface area contributed by atoms with Crippen LogP contribution in [0.1, 0.15) is 57.1 Å². The summed E-state index contributed by atoms with van der Waals surface area (Å²) in [6, 6.07) is 16.4. The van der Waals surface area contributed by atoms with Crippen LogP contribution in [0.4, 0.5) is 4.79 Å². The van der Waals surface area contributed by atoms with Crippen LogP contribution in [0.2, 0.25) is 0 Å². The van der Waals surface area contributed by atoms with Crippen LogP contribution in [0.5, 0.6) is 0 Å². The number of nitrogens with one attached hydrogen (secondary N) is 1. The summed E-state index contributed by atoms with van der Waals surface area (Å²) in [5.74, 6) is -0.912. The standard InChI is InChI=1S/C27H34N2O5/c1-4-29(17-9-14-24(30)31)25(32)27(2,3)15-16-28-26(33)34-18-23-21-12-7-5-10-19(21)20-11-6-8-13-22(20)23/h5-8,10-13,23H,4,9,14-18H2,1-3H3,(H,28,33)(H,30,31). The zero-order valence-electron chi connectivity index (χ0n) is 20.2. The van der Waals surface area contributed by atoms with Gasteiger partial charge in [0, 0.05) is 37.4 Å². The molecule has 0 saturated carbocycles. The van der Waals surface area contributed by atoms with Crippen molar-refractivity contribution in [3.8, 4) is 11.1 Å². The number of nitrogens with zero attached hydrogens (tertiary/aromatic N) is 1. The Labute approximate surface area is 201 Å². The lowest BCUT2D eigenvalue weighted by molar-refractivity contribution is -0.142. The van der Waals surface area contributed by atoms with Gasteiger partial charge in [-0.3, -0.25) is 9.59 Å². The summed E-state index contributed by atoms with van der Waals surface area (Å²) < 4.78 is 5.56. The van der Waals surface area contributed by atoms with Crippen LogP contribution >= 0.6 is 0 Å². The highest BCUT2D eigenvalue weighted by atomic mass is 16.5. The summed E-state index contributed by atoms with van der Waals surface area (Å²) in [5.41, 5.74) is 3.99. The highest BCUT2D eigenvalue weighted by Crippen LogP contribution is 2.44. The first-order chi connectivity index (χ1) is 16.2. The van der Waals surface area contributed by atoms with Gasteiger partial charge in [0.15, 0.2) is 0 Å². The first kappa shape index (κ1) is 25.3. The average Bonchev–Trinajstić information content (AvgIpc) is 3.13. The predicted octanol–water partition coefficient (Wildman–Crippen LogP) is 4.65. The van der Waals surface area contributed by atoms with Crippen LogP contribution in [0.15, 0.2) is 48.5 Å². The zero-order valence-corrected chi connectivity index (χ0v) is 20.2. The number of aliphatic carboxylic acids is 1. The van der Waals surface area contributed by atoms with Gasteiger partial charge in [-0.1, -0.05) is 62.4 Å². The third kappa shape index (κ3) is 5.95. The lowest BCUT2D eigenvalue weighted by Gasteiger charge is -2.31. The Kier molecular flexibility index (Phi) is 8.31. The number of benzene rings is 2. The Morgan fingerprint density at radius 1 is 1.03 bits per heavy atom. The van der Waals surface area contributed by atoms with Crippen LogP contribution < -0.4 is 5.32 Å². The summed E-state index contributed by atoms with van der Waals surface area (Å²) in [6.07, 6.45) is 0.404. The number of carbonyl (C=O) groups excluding carboxylic acids is 2. The van der Waals surface area contributed by atoms with Crippen molar-refractivity contribution in [1.82, 2.24) is 10.2 Å². The number of hydrogen-bond acceptors (Lipinski definition) is 4. The highest BCUT2D eigenvalue weighted by Gasteiger charge is 2.32. The van der Waals surface area contributed by atoms with E-state index in [2.05, 4.69) is 29.6 Å². The third-order valence-corrected chi connectivity index (χ3v) is 6.43. The number of alkyl carbamates (subject to hydrolysis) is 1. The minimum Gasteiger partial charge on any atom is -0.481 e. The van der Waals surface area contributed by atoms with E-state index in [1.807, 2.05) is 45.0 Å². The number of carboxylic acid groups (broad SMARTS) is 1. The Hall–Kier alpha value is -3.35. The van der Waals surface area contributed by atoms with E-state index in [0.29, 0.717) is 32.5 Å². The molecular weight excluding hydrogens is 432 g/mol. The van der Waals surface area contributed by atoms with Crippen molar-refractivity contribution in [2.24, 2.45) is 5.41 Å². The Morgan fingerprint density at radius 3 is 2.18 bits per heavy atom. The van der Waals surface area contributed by atoms with E-state index >= 15 is 0 Å². The minimum atomic E-state index is -0.866. The fraction of sp³-hybridized carbons (Fsp3) is 0.444. The molecule has 0 saturated heterocycles. The van der Waals surface area contributed by atoms with Gasteiger partial charge < -0.3 is 20.1 Å². The quantitative estimate of drug-likeness (QED) is 0.502. The van der Waals surface area contributed by atoms with E-state index in [4.69, 9.17) is 9.84 Å². The average molecular weight is 467 g/mol. The van der Waals surface area contributed by atoms with Crippen molar-refractivity contribution in [3.63, 3.8) is 0 Å². The maximum Gasteiger partial charge on any atom is 0.407 e. The molecule has 0 heterocycles. The molecule has 0 unspecified atom stereocenters. The molecule has 0 atom stereocenters. The maximum atomic E-state index is 12.9. The first-order valence-corrected chi connectivity index (χ1v) is 11.8. The fourth-order valence-electron chi connectivity index (χ4n) is 4.49. The van der Waals surface area contributed by atoms with Crippen molar-refractivity contribution < 1.29 is 24.2 Å². The molecular formula is C27H34N2O5. The molecule has 0 radical (unpaired) electrons. The van der Waals surface area contributed by atoms with Gasteiger partial charge in [-0.25, -0.2) is 4.79 Å². The summed E-state index contributed by atoms with van der Waals surface area (Å²) in [4.78, 5) is 37.7. The van der Waals surface area contributed by atoms with Gasteiger partial charge in [-0.05, 0) is 42.0 Å². The number of carbonyl (C=O) groups is 3. The fourth-order valence-corrected chi connectivity index (χ4v) is 4.49. The molecule has 1 aliphatic carbocycles. The minimum absolute atomic E-state index is 0.0000773. The smallest absolute Gasteiger partial charge is 0.407 e. The van der Waals surface area contributed by atoms with Crippen molar-refractivity contribution >= 4 is 18.0 Å². The third-order valence-electron chi connectivity index (χ3n) is 6.43. The lowest BCUT2D eigenvalue weighted by atomic mass is 9.87. The predicted molar refractivity (Wildman–Crippen MR) is 131 cm³/mol. The molecule has 0 fully saturated rings. The second kappa shape index (κ2) is 11.2. The lowest BCUT2D eigenvalue weighted by Crippen LogP contribution is -2.43. The molecule has 2 aromatic rings. The summed E-state index contributed by atoms with van der Waals surface area (Å²) in [5, 5.41) is 11.6. The number of ether oxygens (including phenoxy) is 1. The molecule has 0 bridgehead atoms. The monoisotopic (exact) mass is 466 g/mol. The largest absolute Gasteiger partial charge is 0.481 e. The van der Waals surface area contributed by atoms with Gasteiger partial charge in [0.05, 0.1) is 0 Å². The Morgan fingerprint density at radius 2 is 1.62 bits per heavy atom. The number of amides is 2. The molecule has 0 aliphatic heterocycles. The SMILES string of the molecule is CCN(CCCC(=O)O)C(=O)C(C)(C)CCNC(=O)OCC1c2ccccc2-c2ccccc21. The molecule has 1 aliphatic rings. The van der Waals surface area contributed by atoms with E-state index in [1.165, 1.54) is 11.1 Å². The second-order valence-corrected chi connectivity index (χ2v) is 9.27. The summed E-state index contributed by atoms with van der Waals surface area (Å²) >= 11 is 0. The van der Waals surface area contributed by atoms with Gasteiger partial charge in [-0.2, -0.15) is 0 Å². The van der Waals surface area contributed by atoms with E-state index in [0.717, 1.165) is 11.1 Å². The van der Waals surface area contributed by atoms with E-state index < -0.39 is 17.5 Å². The molecule has 3 rings (SSSR count). The molecule has 0 spiro atoms. The summed E-state index contributed by atoms with van der Waals surface area (Å²) in [6.45, 7) is 7.04. The van der Waals surface area contributed by atoms with E-state index in [9.17, 15) is 14.4 Å². The number of carboxylic acids is 1. The second-order valence-electron chi connectivity index (χ2n) is 9.27. The summed E-state index contributed by atoms with van der Waals surface area (Å²) in [7, 11) is 0. The van der Waals surface area contributed by atoms with Crippen LogP contribution in [-0.2, 0) is 14.3 Å². The molecule has 34 heavy (non-hydrogen) atoms. The number of rotatable bonds is 11. The molecule has 0 aromatic heterocycles. The molecule has 7 heteroatoms. The molecule has 2 amide bonds. The normalized spacial score (nSPS) is 12.6. The van der Waals surface area contributed by atoms with Gasteiger partial charge in [0.25, 0.3) is 0 Å². The van der Waals surface area contributed by atoms with Crippen LogP contribution in [-0.4, -0.2) is 54.2 Å². The van der Waals surface area contributed by atoms with E-state index in [1.54, 1.807) is 4.90 Å². The van der Waals surface area contributed by atoms with Crippen molar-refractivity contribution in [3.05, 3.63) is 59.7 Å². The van der Waals surface area contributed by atoms with Gasteiger partial charge in [0.1, 0.15) is 6.61 Å². The highest BCUT2D eigenvalue weighted by molar-refractivity contribution is 5.82. The van der Waals surface area contributed by atoms with Gasteiger partial charge in [-0.15, -0.1) is 0 Å². The molecule has 182 valence electrons. The van der Waals surface area contributed by atoms with Crippen LogP contribution in [0.25, 0.3) is 11.1 Å². The first-order valence-electron chi connectivity index (χ1n) is 11.8. The van der Waals surface area contributed by atoms with Crippen LogP contribution in [0, 0.1) is 5.41 Å². The van der Waals surface area contributed by atoms with E-state index in [-0.39, 0.29) is 24.9 Å². The zero-order chi connectivity index (χ0) is 24.7. The Balaban J connectivity index is 1.49. The molecule has 2 aromatic carbocycles. The molecule has 7 nitrogen and oxygen atoms in total. The van der Waals surface area contributed by atoms with Crippen molar-refractivity contribution in [2.45, 2.75) is 46.0 Å². The molecule has 2 N–H and O–H groups in total. The van der Waals surface area contributed by atoms with Crippen molar-refractivity contribution in [2.75, 3.05) is 26.2 Å². The van der Waals surface area contributed by atoms with Crippen molar-refractivity contribution in [1.29, 1.82) is 0 Å². The maximum absolute atomic E-state index is 12.9. The van der Waals surface area contributed by atoms with Crippen LogP contribution in [0.3, 0.4) is 0 Å². The number of hydrogen-bond donors (Lipinski definition) is 2.